The molecule has 0 bridgehead atoms. The van der Waals surface area contributed by atoms with Gasteiger partial charge in [-0.05, 0) is 188 Å². The van der Waals surface area contributed by atoms with Crippen LogP contribution < -0.4 is 20.0 Å². The molecule has 20 aromatic rings. The summed E-state index contributed by atoms with van der Waals surface area (Å²) < 4.78 is 5.15. The van der Waals surface area contributed by atoms with Gasteiger partial charge in [0.15, 0.2) is 0 Å². The van der Waals surface area contributed by atoms with Gasteiger partial charge in [-0.15, -0.1) is 22.7 Å². The summed E-state index contributed by atoms with van der Waals surface area (Å²) in [4.78, 5) is 7.20. The van der Waals surface area contributed by atoms with Crippen LogP contribution in [0.5, 0.6) is 0 Å². The average molecular weight is 2030 g/mol. The van der Waals surface area contributed by atoms with E-state index in [2.05, 4.69) is 420 Å². The quantitative estimate of drug-likeness (QED) is 0.110. The van der Waals surface area contributed by atoms with E-state index in [0.717, 1.165) is 67.3 Å². The van der Waals surface area contributed by atoms with Gasteiger partial charge in [0.2, 0.25) is 0 Å². The first-order valence-electron chi connectivity index (χ1n) is 37.4. The molecule has 6 radical (unpaired) electrons. The molecule has 0 aliphatic rings. The minimum absolute atomic E-state index is 0. The number of para-hydroxylation sites is 4. The number of fused-ring (bicyclic) bond motifs is 8. The molecule has 0 atom stereocenters. The van der Waals surface area contributed by atoms with Gasteiger partial charge in [-0.3, -0.25) is 0 Å². The first kappa shape index (κ1) is 91.8. The van der Waals surface area contributed by atoms with Crippen LogP contribution in [0, 0.1) is 0 Å². The van der Waals surface area contributed by atoms with E-state index in [-0.39, 0.29) is 204 Å². The molecule has 1 N–H and O–H groups in total. The van der Waals surface area contributed by atoms with Crippen molar-refractivity contribution < 1.29 is 196 Å². The van der Waals surface area contributed by atoms with Crippen LogP contribution >= 0.6 is 34.3 Å². The zero-order valence-electron chi connectivity index (χ0n) is 64.1. The third-order valence-corrected chi connectivity index (χ3v) is 23.1. The summed E-state index contributed by atoms with van der Waals surface area (Å²) in [7, 11) is 0. The molecule has 0 aliphatic heterocycles. The number of hydrogen-bond donors (Lipinski definition) is 1. The number of nitrogens with zero attached hydrogens (tertiary/aromatic N) is 3. The van der Waals surface area contributed by atoms with Gasteiger partial charge in [-0.1, -0.05) is 322 Å². The summed E-state index contributed by atoms with van der Waals surface area (Å²) in [6.07, 6.45) is 0. The maximum Gasteiger partial charge on any atom is 0.0640 e. The van der Waals surface area contributed by atoms with Crippen LogP contribution in [0.25, 0.3) is 106 Å². The first-order valence-corrected chi connectivity index (χ1v) is 39.4. The van der Waals surface area contributed by atoms with Gasteiger partial charge in [0.05, 0.1) is 32.1 Å². The molecule has 554 valence electrons. The van der Waals surface area contributed by atoms with Crippen LogP contribution in [0.2, 0.25) is 5.02 Å². The molecule has 0 aliphatic carbocycles. The SMILES string of the molecule is C.Clc1ccc(-c2c(N(c3ccccc3)c3cccc4c3sc3ccccc34)ccc3ccccc23)cc1.[Y].[Y].[Y].[Y].[Y].[Y].c1ccc(-c2ccc(N(c3ccccc3)c3ccc(-c4c(N(c5ccccc5)c5cccc6c5sc5ccccc56)ccc5ccccc45)cc3)cc2)cc1.c1ccc(Nc2ccc(-c3ccccc3)cc2)cc1. The third kappa shape index (κ3) is 20.2. The van der Waals surface area contributed by atoms with Gasteiger partial charge < -0.3 is 20.0 Å². The number of halogens is 1. The third-order valence-electron chi connectivity index (χ3n) is 20.4. The molecule has 20 rings (SSSR count). The molecule has 0 saturated carbocycles. The Labute approximate surface area is 855 Å². The Bertz CT molecular complexity index is 6620. The molecule has 0 spiro atoms. The Morgan fingerprint density at radius 2 is 0.492 bits per heavy atom. The molecular weight excluding hydrogens is 1950 g/mol. The molecule has 2 heterocycles. The molecule has 0 unspecified atom stereocenters. The first-order chi connectivity index (χ1) is 55.0. The number of benzene rings is 18. The van der Waals surface area contributed by atoms with E-state index in [1.165, 1.54) is 107 Å². The van der Waals surface area contributed by atoms with E-state index >= 15 is 0 Å². The normalized spacial score (nSPS) is 10.4. The van der Waals surface area contributed by atoms with Crippen molar-refractivity contribution in [2.24, 2.45) is 0 Å². The van der Waals surface area contributed by atoms with Gasteiger partial charge in [0.25, 0.3) is 0 Å². The molecule has 4 nitrogen and oxygen atoms in total. The van der Waals surface area contributed by atoms with Gasteiger partial charge in [-0.25, -0.2) is 0 Å². The maximum absolute atomic E-state index is 6.31. The maximum atomic E-state index is 6.31. The number of hydrogen-bond acceptors (Lipinski definition) is 6. The van der Waals surface area contributed by atoms with Crippen LogP contribution in [-0.4, -0.2) is 0 Å². The predicted octanol–water partition coefficient (Wildman–Crippen LogP) is 32.2. The van der Waals surface area contributed by atoms with Crippen LogP contribution in [0.1, 0.15) is 7.43 Å². The molecule has 18 aromatic carbocycles. The molecule has 0 saturated heterocycles. The Balaban J connectivity index is 0.000000188. The summed E-state index contributed by atoms with van der Waals surface area (Å²) >= 11 is 10.0. The van der Waals surface area contributed by atoms with Crippen LogP contribution in [0.15, 0.2) is 437 Å². The molecule has 0 fully saturated rings. The molecular formula is C105H77ClN4S2Y6. The zero-order valence-corrected chi connectivity index (χ0v) is 83.5. The number of nitrogens with one attached hydrogen (secondary N) is 1. The average Bonchev–Trinajstić information content (AvgIpc) is 1.55. The van der Waals surface area contributed by atoms with Crippen molar-refractivity contribution in [3.63, 3.8) is 0 Å². The van der Waals surface area contributed by atoms with E-state index < -0.39 is 0 Å². The standard InChI is InChI=1S/C52H36N2S.C34H22ClNS.C18H15N.CH4.6Y/c1-4-15-37(16-5-1)38-27-32-43(33-28-38)53(41-18-6-2-7-19-41)44-34-29-40(30-35-44)51-45-22-11-10-17-39(45)31-36-48(51)54(42-20-8-3-9-21-42)49-25-14-24-47-46-23-12-13-26-50(46)55-52(47)49;35-25-20-17-24(18-21-25)33-27-12-5-4-9-23(27)19-22-30(33)36(26-10-2-1-3-11-26)31-15-8-14-29-28-13-6-7-16-32(28)37-34(29)31;1-3-7-15(8-4-1)16-11-13-18(14-12-16)19-17-9-5-2-6-10-17;;;;;;;/h1-36H;1-22H;1-14,19H;1H4;;;;;;. The van der Waals surface area contributed by atoms with Crippen molar-refractivity contribution >= 4 is 159 Å². The van der Waals surface area contributed by atoms with Crippen molar-refractivity contribution in [3.05, 3.63) is 442 Å². The summed E-state index contributed by atoms with van der Waals surface area (Å²) in [5.41, 5.74) is 22.0. The van der Waals surface area contributed by atoms with Crippen molar-refractivity contribution in [2.45, 2.75) is 7.43 Å². The van der Waals surface area contributed by atoms with E-state index in [9.17, 15) is 0 Å². The van der Waals surface area contributed by atoms with Gasteiger partial charge in [-0.2, -0.15) is 0 Å². The number of anilines is 11. The van der Waals surface area contributed by atoms with Gasteiger partial charge in [0.1, 0.15) is 0 Å². The second-order valence-electron chi connectivity index (χ2n) is 27.3. The topological polar surface area (TPSA) is 21.8 Å². The van der Waals surface area contributed by atoms with Crippen LogP contribution in [0.3, 0.4) is 0 Å². The number of thiophene rings is 2. The molecule has 0 amide bonds. The Morgan fingerprint density at radius 1 is 0.203 bits per heavy atom. The largest absolute Gasteiger partial charge is 0.356 e. The van der Waals surface area contributed by atoms with Crippen LogP contribution in [-0.2, 0) is 196 Å². The fourth-order valence-electron chi connectivity index (χ4n) is 15.2. The number of rotatable bonds is 15. The zero-order chi connectivity index (χ0) is 74.2. The Hall–Kier alpha value is -6.97. The fourth-order valence-corrected chi connectivity index (χ4v) is 17.7. The predicted molar refractivity (Wildman–Crippen MR) is 487 cm³/mol. The van der Waals surface area contributed by atoms with E-state index in [4.69, 9.17) is 11.6 Å². The van der Waals surface area contributed by atoms with Gasteiger partial charge >= 0.3 is 0 Å². The monoisotopic (exact) mass is 2030 g/mol. The van der Waals surface area contributed by atoms with Crippen molar-refractivity contribution in [1.82, 2.24) is 0 Å². The smallest absolute Gasteiger partial charge is 0.0640 e. The van der Waals surface area contributed by atoms with E-state index in [1.807, 2.05) is 59.1 Å². The van der Waals surface area contributed by atoms with Crippen molar-refractivity contribution in [3.8, 4) is 44.5 Å². The Morgan fingerprint density at radius 3 is 0.898 bits per heavy atom. The van der Waals surface area contributed by atoms with E-state index in [0.29, 0.717) is 0 Å². The molecule has 13 heteroatoms. The summed E-state index contributed by atoms with van der Waals surface area (Å²) in [5.74, 6) is 0. The fraction of sp³-hybridized carbons (Fsp3) is 0.00952. The molecule has 118 heavy (non-hydrogen) atoms. The summed E-state index contributed by atoms with van der Waals surface area (Å²) in [6, 6.07) is 155. The van der Waals surface area contributed by atoms with Gasteiger partial charge in [0, 0.05) is 283 Å². The summed E-state index contributed by atoms with van der Waals surface area (Å²) in [5, 5.41) is 14.1. The van der Waals surface area contributed by atoms with Crippen molar-refractivity contribution in [1.29, 1.82) is 0 Å². The minimum Gasteiger partial charge on any atom is -0.356 e. The Kier molecular flexibility index (Phi) is 34.0. The second kappa shape index (κ2) is 43.7. The summed E-state index contributed by atoms with van der Waals surface area (Å²) in [6.45, 7) is 0. The van der Waals surface area contributed by atoms with E-state index in [1.54, 1.807) is 0 Å². The van der Waals surface area contributed by atoms with Crippen LogP contribution in [0.4, 0.5) is 62.6 Å². The molecule has 2 aromatic heterocycles. The second-order valence-corrected chi connectivity index (χ2v) is 29.8. The minimum atomic E-state index is 0. The van der Waals surface area contributed by atoms with Crippen molar-refractivity contribution in [2.75, 3.05) is 20.0 Å².